The summed E-state index contributed by atoms with van der Waals surface area (Å²) in [5, 5.41) is 9.09. The monoisotopic (exact) mass is 251 g/mol. The molecule has 0 saturated carbocycles. The quantitative estimate of drug-likeness (QED) is 0.878. The molecule has 4 nitrogen and oxygen atoms in total. The van der Waals surface area contributed by atoms with E-state index in [1.807, 2.05) is 6.92 Å². The van der Waals surface area contributed by atoms with Gasteiger partial charge in [-0.1, -0.05) is 0 Å². The third-order valence-electron chi connectivity index (χ3n) is 2.30. The second kappa shape index (κ2) is 4.95. The first-order valence-electron chi connectivity index (χ1n) is 5.30. The van der Waals surface area contributed by atoms with Gasteiger partial charge in [-0.05, 0) is 25.1 Å². The van der Waals surface area contributed by atoms with Crippen LogP contribution in [-0.2, 0) is 11.2 Å². The molecule has 0 unspecified atom stereocenters. The van der Waals surface area contributed by atoms with Crippen LogP contribution < -0.4 is 5.32 Å². The Kier molecular flexibility index (Phi) is 3.36. The summed E-state index contributed by atoms with van der Waals surface area (Å²) in [5.41, 5.74) is 1.66. The molecular weight excluding hydrogens is 240 g/mol. The molecular formula is C12H11F2N3O. The fourth-order valence-corrected chi connectivity index (χ4v) is 1.51. The SMILES string of the molecule is Cc1cc(CC(=O)Nc2ccc(F)c(F)c2)n[nH]1. The van der Waals surface area contributed by atoms with E-state index < -0.39 is 11.6 Å². The number of anilines is 1. The number of aromatic nitrogens is 2. The van der Waals surface area contributed by atoms with Crippen LogP contribution in [0.25, 0.3) is 0 Å². The summed E-state index contributed by atoms with van der Waals surface area (Å²) in [6.07, 6.45) is 0.0728. The lowest BCUT2D eigenvalue weighted by Gasteiger charge is -2.04. The maximum Gasteiger partial charge on any atom is 0.230 e. The molecule has 0 radical (unpaired) electrons. The topological polar surface area (TPSA) is 57.8 Å². The summed E-state index contributed by atoms with van der Waals surface area (Å²) in [6, 6.07) is 4.93. The van der Waals surface area contributed by atoms with E-state index in [0.29, 0.717) is 5.69 Å². The van der Waals surface area contributed by atoms with Crippen molar-refractivity contribution < 1.29 is 13.6 Å². The van der Waals surface area contributed by atoms with E-state index >= 15 is 0 Å². The Morgan fingerprint density at radius 3 is 2.72 bits per heavy atom. The highest BCUT2D eigenvalue weighted by molar-refractivity contribution is 5.91. The second-order valence-electron chi connectivity index (χ2n) is 3.90. The number of carbonyl (C=O) groups excluding carboxylic acids is 1. The van der Waals surface area contributed by atoms with Crippen LogP contribution in [0, 0.1) is 18.6 Å². The van der Waals surface area contributed by atoms with E-state index in [-0.39, 0.29) is 18.0 Å². The first kappa shape index (κ1) is 12.2. The average molecular weight is 251 g/mol. The largest absolute Gasteiger partial charge is 0.326 e. The highest BCUT2D eigenvalue weighted by Crippen LogP contribution is 2.13. The molecule has 2 aromatic rings. The van der Waals surface area contributed by atoms with Gasteiger partial charge in [-0.15, -0.1) is 0 Å². The number of halogens is 2. The third kappa shape index (κ3) is 2.91. The number of rotatable bonds is 3. The van der Waals surface area contributed by atoms with Crippen molar-refractivity contribution in [1.29, 1.82) is 0 Å². The van der Waals surface area contributed by atoms with Crippen molar-refractivity contribution in [3.8, 4) is 0 Å². The van der Waals surface area contributed by atoms with Crippen molar-refractivity contribution in [1.82, 2.24) is 10.2 Å². The number of nitrogens with one attached hydrogen (secondary N) is 2. The molecule has 0 spiro atoms. The van der Waals surface area contributed by atoms with Gasteiger partial charge in [0.1, 0.15) is 0 Å². The highest BCUT2D eigenvalue weighted by Gasteiger charge is 2.08. The van der Waals surface area contributed by atoms with Crippen LogP contribution in [0.5, 0.6) is 0 Å². The maximum absolute atomic E-state index is 12.9. The second-order valence-corrected chi connectivity index (χ2v) is 3.90. The number of hydrogen-bond acceptors (Lipinski definition) is 2. The molecule has 0 atom stereocenters. The van der Waals surface area contributed by atoms with Crippen LogP contribution in [0.2, 0.25) is 0 Å². The maximum atomic E-state index is 12.9. The molecule has 1 amide bonds. The Hall–Kier alpha value is -2.24. The normalized spacial score (nSPS) is 10.4. The van der Waals surface area contributed by atoms with Crippen LogP contribution in [0.3, 0.4) is 0 Å². The molecule has 0 bridgehead atoms. The van der Waals surface area contributed by atoms with E-state index in [9.17, 15) is 13.6 Å². The Morgan fingerprint density at radius 1 is 1.33 bits per heavy atom. The van der Waals surface area contributed by atoms with E-state index in [2.05, 4.69) is 15.5 Å². The predicted octanol–water partition coefficient (Wildman–Crippen LogP) is 2.18. The van der Waals surface area contributed by atoms with Crippen molar-refractivity contribution in [3.63, 3.8) is 0 Å². The number of hydrogen-bond donors (Lipinski definition) is 2. The summed E-state index contributed by atoms with van der Waals surface area (Å²) in [7, 11) is 0. The van der Waals surface area contributed by atoms with E-state index in [1.165, 1.54) is 6.07 Å². The number of benzene rings is 1. The average Bonchev–Trinajstić information content (AvgIpc) is 2.69. The Bertz CT molecular complexity index is 580. The standard InChI is InChI=1S/C12H11F2N3O/c1-7-4-9(17-16-7)6-12(18)15-8-2-3-10(13)11(14)5-8/h2-5H,6H2,1H3,(H,15,18)(H,16,17). The van der Waals surface area contributed by atoms with E-state index in [4.69, 9.17) is 0 Å². The Labute approximate surface area is 102 Å². The Balaban J connectivity index is 2.00. The molecule has 0 aliphatic rings. The van der Waals surface area contributed by atoms with Crippen LogP contribution in [-0.4, -0.2) is 16.1 Å². The molecule has 0 aliphatic carbocycles. The molecule has 2 N–H and O–H groups in total. The fraction of sp³-hybridized carbons (Fsp3) is 0.167. The lowest BCUT2D eigenvalue weighted by Crippen LogP contribution is -2.14. The zero-order valence-corrected chi connectivity index (χ0v) is 9.63. The van der Waals surface area contributed by atoms with Gasteiger partial charge < -0.3 is 5.32 Å². The summed E-state index contributed by atoms with van der Waals surface area (Å²) >= 11 is 0. The van der Waals surface area contributed by atoms with Crippen LogP contribution >= 0.6 is 0 Å². The molecule has 18 heavy (non-hydrogen) atoms. The molecule has 2 rings (SSSR count). The molecule has 0 fully saturated rings. The first-order chi connectivity index (χ1) is 8.54. The minimum Gasteiger partial charge on any atom is -0.326 e. The van der Waals surface area contributed by atoms with Crippen molar-refractivity contribution in [2.75, 3.05) is 5.32 Å². The lowest BCUT2D eigenvalue weighted by molar-refractivity contribution is -0.115. The molecule has 0 saturated heterocycles. The summed E-state index contributed by atoms with van der Waals surface area (Å²) < 4.78 is 25.6. The summed E-state index contributed by atoms with van der Waals surface area (Å²) in [6.45, 7) is 1.82. The lowest BCUT2D eigenvalue weighted by atomic mass is 10.2. The van der Waals surface area contributed by atoms with Crippen molar-refractivity contribution in [2.45, 2.75) is 13.3 Å². The smallest absolute Gasteiger partial charge is 0.230 e. The summed E-state index contributed by atoms with van der Waals surface area (Å²) in [4.78, 5) is 11.6. The molecule has 94 valence electrons. The van der Waals surface area contributed by atoms with Gasteiger partial charge in [-0.3, -0.25) is 9.89 Å². The van der Waals surface area contributed by atoms with Gasteiger partial charge in [-0.25, -0.2) is 8.78 Å². The van der Waals surface area contributed by atoms with Crippen LogP contribution in [0.4, 0.5) is 14.5 Å². The number of amides is 1. The minimum atomic E-state index is -0.997. The predicted molar refractivity (Wildman–Crippen MR) is 62.0 cm³/mol. The van der Waals surface area contributed by atoms with E-state index in [1.54, 1.807) is 6.07 Å². The van der Waals surface area contributed by atoms with Gasteiger partial charge >= 0.3 is 0 Å². The molecule has 6 heteroatoms. The fourth-order valence-electron chi connectivity index (χ4n) is 1.51. The zero-order valence-electron chi connectivity index (χ0n) is 9.63. The van der Waals surface area contributed by atoms with Gasteiger partial charge in [0.2, 0.25) is 5.91 Å². The van der Waals surface area contributed by atoms with Gasteiger partial charge in [0, 0.05) is 17.4 Å². The van der Waals surface area contributed by atoms with Crippen molar-refractivity contribution in [3.05, 3.63) is 47.3 Å². The number of aromatic amines is 1. The number of carbonyl (C=O) groups is 1. The van der Waals surface area contributed by atoms with Crippen molar-refractivity contribution >= 4 is 11.6 Å². The third-order valence-corrected chi connectivity index (χ3v) is 2.30. The highest BCUT2D eigenvalue weighted by atomic mass is 19.2. The van der Waals surface area contributed by atoms with E-state index in [0.717, 1.165) is 17.8 Å². The van der Waals surface area contributed by atoms with Gasteiger partial charge in [0.15, 0.2) is 11.6 Å². The summed E-state index contributed by atoms with van der Waals surface area (Å²) in [5.74, 6) is -2.29. The van der Waals surface area contributed by atoms with Crippen molar-refractivity contribution in [2.24, 2.45) is 0 Å². The zero-order chi connectivity index (χ0) is 13.1. The van der Waals surface area contributed by atoms with Gasteiger partial charge in [0.25, 0.3) is 0 Å². The number of H-pyrrole nitrogens is 1. The molecule has 0 aliphatic heterocycles. The molecule has 1 aromatic heterocycles. The first-order valence-corrected chi connectivity index (χ1v) is 5.30. The van der Waals surface area contributed by atoms with Gasteiger partial charge in [-0.2, -0.15) is 5.10 Å². The number of nitrogens with zero attached hydrogens (tertiary/aromatic N) is 1. The Morgan fingerprint density at radius 2 is 2.11 bits per heavy atom. The van der Waals surface area contributed by atoms with Crippen LogP contribution in [0.15, 0.2) is 24.3 Å². The van der Waals surface area contributed by atoms with Crippen LogP contribution in [0.1, 0.15) is 11.4 Å². The molecule has 1 aromatic carbocycles. The minimum absolute atomic E-state index is 0.0728. The number of aryl methyl sites for hydroxylation is 1. The van der Waals surface area contributed by atoms with Gasteiger partial charge in [0.05, 0.1) is 12.1 Å². The molecule has 1 heterocycles.